The van der Waals surface area contributed by atoms with Crippen LogP contribution in [-0.2, 0) is 9.53 Å². The number of rotatable bonds is 8. The van der Waals surface area contributed by atoms with Crippen molar-refractivity contribution in [2.24, 2.45) is 0 Å². The minimum Gasteiger partial charge on any atom is -0.457 e. The third kappa shape index (κ3) is 6.03. The second-order valence-electron chi connectivity index (χ2n) is 6.60. The van der Waals surface area contributed by atoms with E-state index in [9.17, 15) is 14.4 Å². The summed E-state index contributed by atoms with van der Waals surface area (Å²) in [6, 6.07) is 23.6. The molecule has 1 atom stereocenters. The normalized spacial score (nSPS) is 11.4. The Morgan fingerprint density at radius 2 is 1.40 bits per heavy atom. The molecular weight excluding hydrogens is 402 g/mol. The topological polar surface area (TPSA) is 72.5 Å². The summed E-state index contributed by atoms with van der Waals surface area (Å²) in [7, 11) is 0. The summed E-state index contributed by atoms with van der Waals surface area (Å²) in [6.07, 6.45) is -0.101. The van der Waals surface area contributed by atoms with Crippen LogP contribution in [0.3, 0.4) is 0 Å². The Balaban J connectivity index is 1.63. The Labute approximate surface area is 179 Å². The minimum absolute atomic E-state index is 0.101. The van der Waals surface area contributed by atoms with E-state index in [1.807, 2.05) is 36.4 Å². The molecule has 0 aliphatic rings. The average molecular weight is 422 g/mol. The van der Waals surface area contributed by atoms with E-state index in [-0.39, 0.29) is 24.7 Å². The average Bonchev–Trinajstić information content (AvgIpc) is 2.78. The van der Waals surface area contributed by atoms with Gasteiger partial charge in [0.2, 0.25) is 0 Å². The van der Waals surface area contributed by atoms with E-state index in [0.29, 0.717) is 16.1 Å². The van der Waals surface area contributed by atoms with Gasteiger partial charge < -0.3 is 10.1 Å². The van der Waals surface area contributed by atoms with Crippen molar-refractivity contribution >= 4 is 29.3 Å². The molecule has 0 fully saturated rings. The number of ether oxygens (including phenoxy) is 1. The number of amides is 1. The minimum atomic E-state index is -0.586. The summed E-state index contributed by atoms with van der Waals surface area (Å²) in [6.45, 7) is -0.380. The highest BCUT2D eigenvalue weighted by molar-refractivity contribution is 6.30. The molecule has 3 aromatic carbocycles. The second kappa shape index (κ2) is 10.4. The molecule has 3 aromatic rings. The number of nitrogens with one attached hydrogen (secondary N) is 1. The molecule has 0 spiro atoms. The quantitative estimate of drug-likeness (QED) is 0.425. The zero-order chi connectivity index (χ0) is 21.3. The molecule has 3 rings (SSSR count). The maximum Gasteiger partial charge on any atom is 0.308 e. The maximum atomic E-state index is 12.6. The van der Waals surface area contributed by atoms with Crippen molar-refractivity contribution in [3.05, 3.63) is 107 Å². The lowest BCUT2D eigenvalue weighted by Gasteiger charge is -2.18. The fourth-order valence-corrected chi connectivity index (χ4v) is 2.99. The van der Waals surface area contributed by atoms with Crippen LogP contribution in [-0.4, -0.2) is 24.3 Å². The molecule has 5 nitrogen and oxygen atoms in total. The Kier molecular flexibility index (Phi) is 7.35. The number of carbonyl (C=O) groups excluding carboxylic acids is 3. The first-order chi connectivity index (χ1) is 14.5. The molecule has 0 saturated heterocycles. The number of ketones is 1. The molecule has 0 aliphatic carbocycles. The predicted molar refractivity (Wildman–Crippen MR) is 114 cm³/mol. The van der Waals surface area contributed by atoms with Gasteiger partial charge in [-0.05, 0) is 42.0 Å². The van der Waals surface area contributed by atoms with Crippen molar-refractivity contribution in [2.75, 3.05) is 6.61 Å². The van der Waals surface area contributed by atoms with Gasteiger partial charge in [0.05, 0.1) is 12.5 Å². The number of halogens is 1. The first-order valence-corrected chi connectivity index (χ1v) is 9.76. The van der Waals surface area contributed by atoms with E-state index in [1.54, 1.807) is 48.5 Å². The van der Waals surface area contributed by atoms with Crippen LogP contribution in [0.5, 0.6) is 0 Å². The second-order valence-corrected chi connectivity index (χ2v) is 7.03. The smallest absolute Gasteiger partial charge is 0.308 e. The SMILES string of the molecule is O=C(CC(NC(=O)c1ccccc1)c1ccccc1)OCC(=O)c1ccc(Cl)cc1. The highest BCUT2D eigenvalue weighted by Crippen LogP contribution is 2.18. The van der Waals surface area contributed by atoms with E-state index < -0.39 is 12.0 Å². The van der Waals surface area contributed by atoms with Gasteiger partial charge in [-0.15, -0.1) is 0 Å². The van der Waals surface area contributed by atoms with E-state index in [1.165, 1.54) is 0 Å². The third-order valence-corrected chi connectivity index (χ3v) is 4.70. The fraction of sp³-hybridized carbons (Fsp3) is 0.125. The number of carbonyl (C=O) groups is 3. The summed E-state index contributed by atoms with van der Waals surface area (Å²) in [5.74, 6) is -1.21. The Hall–Kier alpha value is -3.44. The van der Waals surface area contributed by atoms with Gasteiger partial charge in [0.15, 0.2) is 12.4 Å². The van der Waals surface area contributed by atoms with Crippen molar-refractivity contribution in [3.63, 3.8) is 0 Å². The molecule has 152 valence electrons. The molecule has 0 heterocycles. The molecule has 1 amide bonds. The first-order valence-electron chi connectivity index (χ1n) is 9.38. The van der Waals surface area contributed by atoms with E-state index in [4.69, 9.17) is 16.3 Å². The number of Topliss-reactive ketones (excluding diaryl/α,β-unsaturated/α-hetero) is 1. The van der Waals surface area contributed by atoms with Crippen molar-refractivity contribution in [1.82, 2.24) is 5.32 Å². The highest BCUT2D eigenvalue weighted by Gasteiger charge is 2.21. The van der Waals surface area contributed by atoms with Crippen LogP contribution < -0.4 is 5.32 Å². The van der Waals surface area contributed by atoms with Crippen LogP contribution >= 0.6 is 11.6 Å². The molecule has 30 heavy (non-hydrogen) atoms. The zero-order valence-electron chi connectivity index (χ0n) is 16.1. The van der Waals surface area contributed by atoms with Gasteiger partial charge in [-0.2, -0.15) is 0 Å². The molecule has 0 saturated carbocycles. The van der Waals surface area contributed by atoms with Crippen molar-refractivity contribution in [1.29, 1.82) is 0 Å². The van der Waals surface area contributed by atoms with Crippen molar-refractivity contribution in [2.45, 2.75) is 12.5 Å². The predicted octanol–water partition coefficient (Wildman–Crippen LogP) is 4.63. The van der Waals surface area contributed by atoms with Gasteiger partial charge in [-0.1, -0.05) is 60.1 Å². The number of esters is 1. The van der Waals surface area contributed by atoms with Crippen LogP contribution in [0.25, 0.3) is 0 Å². The number of hydrogen-bond donors (Lipinski definition) is 1. The molecule has 6 heteroatoms. The third-order valence-electron chi connectivity index (χ3n) is 4.44. The van der Waals surface area contributed by atoms with Crippen LogP contribution in [0.2, 0.25) is 5.02 Å². The number of benzene rings is 3. The highest BCUT2D eigenvalue weighted by atomic mass is 35.5. The molecule has 1 N–H and O–H groups in total. The largest absolute Gasteiger partial charge is 0.457 e. The van der Waals surface area contributed by atoms with E-state index in [0.717, 1.165) is 5.56 Å². The standard InChI is InChI=1S/C24H20ClNO4/c25-20-13-11-18(12-14-20)22(27)16-30-23(28)15-21(17-7-3-1-4-8-17)26-24(29)19-9-5-2-6-10-19/h1-14,21H,15-16H2,(H,26,29). The zero-order valence-corrected chi connectivity index (χ0v) is 16.8. The van der Waals surface area contributed by atoms with Crippen LogP contribution in [0, 0.1) is 0 Å². The van der Waals surface area contributed by atoms with Crippen molar-refractivity contribution in [3.8, 4) is 0 Å². The molecule has 0 aliphatic heterocycles. The fourth-order valence-electron chi connectivity index (χ4n) is 2.86. The van der Waals surface area contributed by atoms with Crippen LogP contribution in [0.15, 0.2) is 84.9 Å². The van der Waals surface area contributed by atoms with Crippen LogP contribution in [0.4, 0.5) is 0 Å². The molecule has 0 aromatic heterocycles. The van der Waals surface area contributed by atoms with Crippen LogP contribution in [0.1, 0.15) is 38.7 Å². The molecule has 0 radical (unpaired) electrons. The number of hydrogen-bond acceptors (Lipinski definition) is 4. The summed E-state index contributed by atoms with van der Waals surface area (Å²) < 4.78 is 5.15. The Morgan fingerprint density at radius 1 is 0.800 bits per heavy atom. The lowest BCUT2D eigenvalue weighted by Crippen LogP contribution is -2.31. The van der Waals surface area contributed by atoms with Gasteiger partial charge in [0.1, 0.15) is 0 Å². The summed E-state index contributed by atoms with van der Waals surface area (Å²) >= 11 is 5.81. The van der Waals surface area contributed by atoms with Gasteiger partial charge in [0.25, 0.3) is 5.91 Å². The summed E-state index contributed by atoms with van der Waals surface area (Å²) in [5.41, 5.74) is 1.66. The lowest BCUT2D eigenvalue weighted by atomic mass is 10.0. The monoisotopic (exact) mass is 421 g/mol. The van der Waals surface area contributed by atoms with Gasteiger partial charge >= 0.3 is 5.97 Å². The van der Waals surface area contributed by atoms with Gasteiger partial charge in [0, 0.05) is 16.1 Å². The first kappa shape index (κ1) is 21.3. The molecular formula is C24H20ClNO4. The van der Waals surface area contributed by atoms with Crippen molar-refractivity contribution < 1.29 is 19.1 Å². The van der Waals surface area contributed by atoms with E-state index >= 15 is 0 Å². The summed E-state index contributed by atoms with van der Waals surface area (Å²) in [4.78, 5) is 37.1. The van der Waals surface area contributed by atoms with Gasteiger partial charge in [-0.3, -0.25) is 14.4 Å². The lowest BCUT2D eigenvalue weighted by molar-refractivity contribution is -0.143. The molecule has 0 bridgehead atoms. The molecule has 1 unspecified atom stereocenters. The Morgan fingerprint density at radius 3 is 2.03 bits per heavy atom. The van der Waals surface area contributed by atoms with Gasteiger partial charge in [-0.25, -0.2) is 0 Å². The summed E-state index contributed by atoms with van der Waals surface area (Å²) in [5, 5.41) is 3.38. The van der Waals surface area contributed by atoms with E-state index in [2.05, 4.69) is 5.32 Å². The maximum absolute atomic E-state index is 12.6. The Bertz CT molecular complexity index is 1000.